The first-order valence-electron chi connectivity index (χ1n) is 27.7. The van der Waals surface area contributed by atoms with Crippen LogP contribution in [0.5, 0.6) is 0 Å². The maximum Gasteiger partial charge on any atom is 0.328 e. The van der Waals surface area contributed by atoms with Crippen LogP contribution >= 0.6 is 0 Å². The summed E-state index contributed by atoms with van der Waals surface area (Å²) in [6, 6.07) is 23.1. The minimum atomic E-state index is -2.73. The van der Waals surface area contributed by atoms with E-state index in [9.17, 15) is 43.5 Å². The Hall–Kier alpha value is -7.17. The van der Waals surface area contributed by atoms with E-state index in [1.807, 2.05) is 12.1 Å². The van der Waals surface area contributed by atoms with Crippen LogP contribution in [-0.2, 0) is 53.9 Å². The molecule has 0 radical (unpaired) electrons. The molecule has 2 aliphatic heterocycles. The molecule has 10 N–H and O–H groups in total. The number of aliphatic hydroxyl groups excluding tert-OH is 1. The van der Waals surface area contributed by atoms with Crippen LogP contribution < -0.4 is 53.3 Å². The fraction of sp³-hybridized carbons (Fsp3) is 0.534. The van der Waals surface area contributed by atoms with E-state index in [0.29, 0.717) is 31.6 Å². The van der Waals surface area contributed by atoms with Crippen molar-refractivity contribution in [1.82, 2.24) is 42.1 Å². The summed E-state index contributed by atoms with van der Waals surface area (Å²) in [6.45, 7) is 15.6. The van der Waals surface area contributed by atoms with Crippen molar-refractivity contribution in [1.29, 1.82) is 0 Å². The summed E-state index contributed by atoms with van der Waals surface area (Å²) in [4.78, 5) is 112. The predicted molar refractivity (Wildman–Crippen MR) is 306 cm³/mol. The van der Waals surface area contributed by atoms with Gasteiger partial charge in [0, 0.05) is 44.9 Å². The number of esters is 1. The van der Waals surface area contributed by atoms with Crippen LogP contribution in [0.3, 0.4) is 0 Å². The molecule has 0 bridgehead atoms. The zero-order valence-electron chi connectivity index (χ0n) is 47.6. The van der Waals surface area contributed by atoms with E-state index >= 15 is 0 Å². The average Bonchev–Trinajstić information content (AvgIpc) is 3.54. The molecule has 2 aliphatic rings. The number of benzene rings is 3. The van der Waals surface area contributed by atoms with Crippen molar-refractivity contribution in [3.8, 4) is 0 Å². The van der Waals surface area contributed by atoms with Gasteiger partial charge in [-0.2, -0.15) is 0 Å². The van der Waals surface area contributed by atoms with Gasteiger partial charge in [0.05, 0.1) is 32.3 Å². The second kappa shape index (κ2) is 30.4. The molecule has 1 saturated heterocycles. The maximum atomic E-state index is 13.8. The zero-order valence-corrected chi connectivity index (χ0v) is 48.6. The summed E-state index contributed by atoms with van der Waals surface area (Å²) in [7, 11) is -1.58. The molecule has 5 rings (SSSR count). The average molecular weight is 1130 g/mol. The number of nitrogens with one attached hydrogen (secondary N) is 7. The van der Waals surface area contributed by atoms with Crippen LogP contribution in [0, 0.1) is 5.92 Å². The van der Waals surface area contributed by atoms with Crippen molar-refractivity contribution in [2.24, 2.45) is 16.6 Å². The lowest BCUT2D eigenvalue weighted by molar-refractivity contribution is -0.145. The molecule has 0 saturated carbocycles. The lowest BCUT2D eigenvalue weighted by Crippen LogP contribution is -2.67. The monoisotopic (exact) mass is 1120 g/mol. The molecule has 22 heteroatoms. The molecule has 0 aliphatic carbocycles. The number of hydrogen-bond acceptors (Lipinski definition) is 14. The summed E-state index contributed by atoms with van der Waals surface area (Å²) >= 11 is 0. The number of aliphatic imine (C=N–C) groups is 1. The number of nitrogens with two attached hydrogens (primary N) is 1. The van der Waals surface area contributed by atoms with Gasteiger partial charge >= 0.3 is 5.97 Å². The fourth-order valence-corrected chi connectivity index (χ4v) is 14.6. The molecular weight excluding hydrogens is 1040 g/mol. The van der Waals surface area contributed by atoms with E-state index in [0.717, 1.165) is 39.0 Å². The highest BCUT2D eigenvalue weighted by molar-refractivity contribution is 6.99. The number of carbonyl (C=O) groups excluding carboxylic acids is 8. The Balaban J connectivity index is 1.06. The number of aliphatic hydroxyl groups is 1. The molecule has 7 amide bonds. The van der Waals surface area contributed by atoms with Gasteiger partial charge in [0.1, 0.15) is 30.2 Å². The Morgan fingerprint density at radius 3 is 1.84 bits per heavy atom. The van der Waals surface area contributed by atoms with Gasteiger partial charge < -0.3 is 62.1 Å². The molecule has 80 heavy (non-hydrogen) atoms. The maximum absolute atomic E-state index is 13.8. The number of amides is 7. The van der Waals surface area contributed by atoms with Gasteiger partial charge in [-0.05, 0) is 72.8 Å². The van der Waals surface area contributed by atoms with Gasteiger partial charge in [0.2, 0.25) is 41.4 Å². The second-order valence-electron chi connectivity index (χ2n) is 22.2. The molecule has 436 valence electrons. The number of ether oxygens (including phenoxy) is 1. The van der Waals surface area contributed by atoms with E-state index in [-0.39, 0.29) is 54.6 Å². The van der Waals surface area contributed by atoms with Crippen LogP contribution in [0.15, 0.2) is 96.0 Å². The zero-order chi connectivity index (χ0) is 58.6. The molecule has 2 heterocycles. The lowest BCUT2D eigenvalue weighted by Gasteiger charge is -2.44. The van der Waals surface area contributed by atoms with E-state index in [4.69, 9.17) is 19.9 Å². The van der Waals surface area contributed by atoms with Crippen LogP contribution in [0.2, 0.25) is 5.04 Å². The molecule has 0 unspecified atom stereocenters. The SMILES string of the molecule is COC(=O)[C@H](Cc1ccccc1)NC(=O)[C@H](CC(N)=O)NC(=O)[C@H](CC(C)C)NC(=O)[C@@H](NC(=O)[C@H](C)NC(=O)CCCCC(=O)NC[C@@H]1CCN2CC[C@@H](CO[Si](c3ccccc3)(c3ccccc3)C(C)(C)C)N=C2N1)[C@@H](C)O. The molecule has 0 aromatic heterocycles. The lowest BCUT2D eigenvalue weighted by atomic mass is 10.0. The highest BCUT2D eigenvalue weighted by Crippen LogP contribution is 2.37. The number of unbranched alkanes of at least 4 members (excludes halogenated alkanes) is 1. The number of methoxy groups -OCH3 is 1. The van der Waals surface area contributed by atoms with Crippen LogP contribution in [0.1, 0.15) is 105 Å². The van der Waals surface area contributed by atoms with Gasteiger partial charge in [-0.15, -0.1) is 0 Å². The summed E-state index contributed by atoms with van der Waals surface area (Å²) < 4.78 is 12.1. The van der Waals surface area contributed by atoms with Crippen molar-refractivity contribution in [2.75, 3.05) is 33.4 Å². The number of guanidine groups is 1. The van der Waals surface area contributed by atoms with Crippen LogP contribution in [0.4, 0.5) is 0 Å². The largest absolute Gasteiger partial charge is 0.467 e. The Morgan fingerprint density at radius 1 is 0.725 bits per heavy atom. The van der Waals surface area contributed by atoms with Gasteiger partial charge in [0.15, 0.2) is 5.96 Å². The number of primary amides is 1. The van der Waals surface area contributed by atoms with Crippen molar-refractivity contribution in [2.45, 2.75) is 160 Å². The Morgan fingerprint density at radius 2 is 1.27 bits per heavy atom. The number of nitrogens with zero attached hydrogens (tertiary/aromatic N) is 2. The minimum Gasteiger partial charge on any atom is -0.467 e. The number of fused-ring (bicyclic) bond motifs is 1. The van der Waals surface area contributed by atoms with Crippen LogP contribution in [0.25, 0.3) is 0 Å². The first-order valence-corrected chi connectivity index (χ1v) is 29.6. The molecular formula is C58H84N10O11Si. The topological polar surface area (TPSA) is 301 Å². The summed E-state index contributed by atoms with van der Waals surface area (Å²) in [5.74, 6) is -5.23. The van der Waals surface area contributed by atoms with Gasteiger partial charge in [0.25, 0.3) is 8.32 Å². The van der Waals surface area contributed by atoms with Gasteiger partial charge in [-0.1, -0.05) is 126 Å². The standard InChI is InChI=1S/C58H84N10O11Si/c1-37(2)32-45(53(74)64-46(34-48(59)70)54(75)66-47(56(77)78-8)33-40-20-12-9-13-21-40)65-55(76)51(39(4)69)67-52(73)38(3)61-50(72)27-19-18-26-49(71)60-35-41-28-30-68-31-29-42(63-57(68)62-41)36-79-80(58(5,6)7,43-22-14-10-15-23-43)44-24-16-11-17-25-44/h9-17,20-25,37-39,41-42,45-47,51,69H,18-19,26-36H2,1-8H3,(H2,59,70)(H,60,71)(H,61,72)(H,62,63)(H,64,74)(H,65,76)(H,66,75)(H,67,73)/t38-,39+,41-,42-,45-,46-,47-,51-/m0/s1. The smallest absolute Gasteiger partial charge is 0.328 e. The van der Waals surface area contributed by atoms with E-state index < -0.39 is 92.5 Å². The van der Waals surface area contributed by atoms with Crippen molar-refractivity contribution in [3.63, 3.8) is 0 Å². The summed E-state index contributed by atoms with van der Waals surface area (Å²) in [6.07, 6.45) is 0.638. The molecule has 0 spiro atoms. The molecule has 3 aromatic carbocycles. The van der Waals surface area contributed by atoms with E-state index in [1.54, 1.807) is 44.2 Å². The van der Waals surface area contributed by atoms with Gasteiger partial charge in [-0.25, -0.2) is 9.79 Å². The number of rotatable bonds is 29. The van der Waals surface area contributed by atoms with Crippen molar-refractivity contribution < 1.29 is 52.6 Å². The van der Waals surface area contributed by atoms with Crippen molar-refractivity contribution in [3.05, 3.63) is 96.6 Å². The third-order valence-corrected chi connectivity index (χ3v) is 19.2. The van der Waals surface area contributed by atoms with Crippen LogP contribution in [-0.4, -0.2) is 153 Å². The predicted octanol–water partition coefficient (Wildman–Crippen LogP) is 1.19. The number of carbonyl (C=O) groups is 8. The Kier molecular flexibility index (Phi) is 24.2. The summed E-state index contributed by atoms with van der Waals surface area (Å²) in [5, 5.41) is 32.0. The second-order valence-corrected chi connectivity index (χ2v) is 26.5. The first-order chi connectivity index (χ1) is 38.0. The van der Waals surface area contributed by atoms with E-state index in [1.165, 1.54) is 24.2 Å². The third-order valence-electron chi connectivity index (χ3n) is 14.2. The quantitative estimate of drug-likeness (QED) is 0.0269. The van der Waals surface area contributed by atoms with Crippen molar-refractivity contribution >= 4 is 72.0 Å². The number of hydrogen-bond donors (Lipinski definition) is 9. The molecule has 8 atom stereocenters. The normalized spacial score (nSPS) is 17.5. The first kappa shape index (κ1) is 63.7. The Labute approximate surface area is 471 Å². The van der Waals surface area contributed by atoms with Gasteiger partial charge in [-0.3, -0.25) is 33.6 Å². The Bertz CT molecular complexity index is 2550. The molecule has 21 nitrogen and oxygen atoms in total. The molecule has 1 fully saturated rings. The molecule has 3 aromatic rings. The highest BCUT2D eigenvalue weighted by atomic mass is 28.4. The highest BCUT2D eigenvalue weighted by Gasteiger charge is 2.50. The minimum absolute atomic E-state index is 0.0167. The van der Waals surface area contributed by atoms with E-state index in [2.05, 4.69) is 111 Å². The summed E-state index contributed by atoms with van der Waals surface area (Å²) in [5.41, 5.74) is 6.14. The fourth-order valence-electron chi connectivity index (χ4n) is 9.96. The third kappa shape index (κ3) is 18.7.